The molecule has 0 spiro atoms. The number of aromatic amines is 1. The van der Waals surface area contributed by atoms with E-state index in [0.29, 0.717) is 13.1 Å². The Morgan fingerprint density at radius 2 is 2.32 bits per heavy atom. The summed E-state index contributed by atoms with van der Waals surface area (Å²) in [5.41, 5.74) is 0. The van der Waals surface area contributed by atoms with Crippen LogP contribution < -0.4 is 0 Å². The van der Waals surface area contributed by atoms with E-state index in [9.17, 15) is 4.79 Å². The van der Waals surface area contributed by atoms with Crippen LogP contribution in [-0.4, -0.2) is 32.5 Å². The highest BCUT2D eigenvalue weighted by molar-refractivity contribution is 5.90. The second-order valence-electron chi connectivity index (χ2n) is 4.25. The molecule has 19 heavy (non-hydrogen) atoms. The van der Waals surface area contributed by atoms with Gasteiger partial charge in [-0.3, -0.25) is 9.89 Å². The molecule has 2 heterocycles. The first kappa shape index (κ1) is 13.3. The molecule has 0 aliphatic heterocycles. The highest BCUT2D eigenvalue weighted by atomic mass is 16.3. The lowest BCUT2D eigenvalue weighted by molar-refractivity contribution is 0.0729. The van der Waals surface area contributed by atoms with Gasteiger partial charge in [0, 0.05) is 13.0 Å². The summed E-state index contributed by atoms with van der Waals surface area (Å²) in [5, 5.41) is 6.77. The number of carbonyl (C=O) groups is 1. The molecule has 0 unspecified atom stereocenters. The third-order valence-corrected chi connectivity index (χ3v) is 2.81. The van der Waals surface area contributed by atoms with Gasteiger partial charge in [0.15, 0.2) is 0 Å². The third kappa shape index (κ3) is 3.21. The molecule has 0 bridgehead atoms. The smallest absolute Gasteiger partial charge is 0.293 e. The number of aromatic nitrogens is 3. The zero-order valence-electron chi connectivity index (χ0n) is 11.2. The number of rotatable bonds is 6. The van der Waals surface area contributed by atoms with Crippen molar-refractivity contribution in [1.82, 2.24) is 20.1 Å². The van der Waals surface area contributed by atoms with Crippen LogP contribution in [0.25, 0.3) is 0 Å². The maximum Gasteiger partial charge on any atom is 0.293 e. The zero-order chi connectivity index (χ0) is 13.7. The molecule has 2 aromatic rings. The van der Waals surface area contributed by atoms with Crippen LogP contribution in [0, 0.1) is 0 Å². The number of H-pyrrole nitrogens is 1. The quantitative estimate of drug-likeness (QED) is 0.864. The van der Waals surface area contributed by atoms with Gasteiger partial charge in [-0.1, -0.05) is 6.92 Å². The topological polar surface area (TPSA) is 75.0 Å². The van der Waals surface area contributed by atoms with Crippen LogP contribution >= 0.6 is 0 Å². The summed E-state index contributed by atoms with van der Waals surface area (Å²) in [6.45, 7) is 4.98. The Morgan fingerprint density at radius 3 is 2.95 bits per heavy atom. The monoisotopic (exact) mass is 262 g/mol. The average molecular weight is 262 g/mol. The number of amides is 1. The molecule has 2 aromatic heterocycles. The molecule has 0 fully saturated rings. The van der Waals surface area contributed by atoms with Gasteiger partial charge in [-0.2, -0.15) is 0 Å². The van der Waals surface area contributed by atoms with E-state index in [1.165, 1.54) is 0 Å². The Bertz CT molecular complexity index is 518. The van der Waals surface area contributed by atoms with Crippen molar-refractivity contribution in [3.05, 3.63) is 35.8 Å². The molecule has 1 N–H and O–H groups in total. The minimum atomic E-state index is -0.183. The van der Waals surface area contributed by atoms with E-state index < -0.39 is 0 Å². The van der Waals surface area contributed by atoms with Gasteiger partial charge in [0.05, 0.1) is 12.8 Å². The summed E-state index contributed by atoms with van der Waals surface area (Å²) >= 11 is 0. The Morgan fingerprint density at radius 1 is 1.47 bits per heavy atom. The predicted octanol–water partition coefficient (Wildman–Crippen LogP) is 2.01. The lowest BCUT2D eigenvalue weighted by atomic mass is 10.3. The summed E-state index contributed by atoms with van der Waals surface area (Å²) < 4.78 is 5.25. The van der Waals surface area contributed by atoms with Crippen molar-refractivity contribution in [2.24, 2.45) is 0 Å². The SMILES string of the molecule is CCCc1nc(C(=O)N(CC)Cc2ccco2)n[nH]1. The summed E-state index contributed by atoms with van der Waals surface area (Å²) in [4.78, 5) is 18.1. The first-order valence-electron chi connectivity index (χ1n) is 6.47. The molecular formula is C13H18N4O2. The van der Waals surface area contributed by atoms with Crippen molar-refractivity contribution >= 4 is 5.91 Å². The number of hydrogen-bond donors (Lipinski definition) is 1. The number of aryl methyl sites for hydroxylation is 1. The molecule has 0 radical (unpaired) electrons. The number of carbonyl (C=O) groups excluding carboxylic acids is 1. The summed E-state index contributed by atoms with van der Waals surface area (Å²) in [6, 6.07) is 3.65. The van der Waals surface area contributed by atoms with Crippen molar-refractivity contribution in [2.45, 2.75) is 33.2 Å². The van der Waals surface area contributed by atoms with Crippen LogP contribution in [0.3, 0.4) is 0 Å². The van der Waals surface area contributed by atoms with E-state index in [1.54, 1.807) is 17.2 Å². The van der Waals surface area contributed by atoms with E-state index >= 15 is 0 Å². The van der Waals surface area contributed by atoms with Crippen molar-refractivity contribution in [3.8, 4) is 0 Å². The number of furan rings is 1. The van der Waals surface area contributed by atoms with Gasteiger partial charge in [-0.05, 0) is 25.5 Å². The molecule has 6 heteroatoms. The van der Waals surface area contributed by atoms with Crippen molar-refractivity contribution in [1.29, 1.82) is 0 Å². The molecule has 102 valence electrons. The molecule has 1 amide bonds. The Hall–Kier alpha value is -2.11. The maximum atomic E-state index is 12.3. The molecule has 0 atom stereocenters. The van der Waals surface area contributed by atoms with Crippen LogP contribution in [0.5, 0.6) is 0 Å². The minimum absolute atomic E-state index is 0.183. The average Bonchev–Trinajstić information content (AvgIpc) is 3.06. The molecule has 0 aromatic carbocycles. The normalized spacial score (nSPS) is 10.6. The Labute approximate surface area is 111 Å². The second-order valence-corrected chi connectivity index (χ2v) is 4.25. The molecule has 2 rings (SSSR count). The maximum absolute atomic E-state index is 12.3. The molecular weight excluding hydrogens is 244 g/mol. The highest BCUT2D eigenvalue weighted by Gasteiger charge is 2.19. The zero-order valence-corrected chi connectivity index (χ0v) is 11.2. The fourth-order valence-corrected chi connectivity index (χ4v) is 1.80. The first-order chi connectivity index (χ1) is 9.24. The van der Waals surface area contributed by atoms with Gasteiger partial charge < -0.3 is 9.32 Å². The van der Waals surface area contributed by atoms with Crippen molar-refractivity contribution in [3.63, 3.8) is 0 Å². The van der Waals surface area contributed by atoms with Crippen LogP contribution in [0.1, 0.15) is 42.5 Å². The summed E-state index contributed by atoms with van der Waals surface area (Å²) in [5.74, 6) is 1.54. The number of nitrogens with one attached hydrogen (secondary N) is 1. The lowest BCUT2D eigenvalue weighted by Gasteiger charge is -2.17. The Kier molecular flexibility index (Phi) is 4.33. The largest absolute Gasteiger partial charge is 0.467 e. The van der Waals surface area contributed by atoms with E-state index in [-0.39, 0.29) is 11.7 Å². The van der Waals surface area contributed by atoms with Gasteiger partial charge in [-0.25, -0.2) is 4.98 Å². The van der Waals surface area contributed by atoms with Crippen LogP contribution in [-0.2, 0) is 13.0 Å². The lowest BCUT2D eigenvalue weighted by Crippen LogP contribution is -2.31. The van der Waals surface area contributed by atoms with Crippen LogP contribution in [0.2, 0.25) is 0 Å². The highest BCUT2D eigenvalue weighted by Crippen LogP contribution is 2.08. The molecule has 0 saturated carbocycles. The second kappa shape index (κ2) is 6.17. The minimum Gasteiger partial charge on any atom is -0.467 e. The van der Waals surface area contributed by atoms with Gasteiger partial charge in [0.25, 0.3) is 5.91 Å². The van der Waals surface area contributed by atoms with Gasteiger partial charge in [-0.15, -0.1) is 5.10 Å². The predicted molar refractivity (Wildman–Crippen MR) is 69.5 cm³/mol. The fraction of sp³-hybridized carbons (Fsp3) is 0.462. The van der Waals surface area contributed by atoms with E-state index in [0.717, 1.165) is 24.4 Å². The first-order valence-corrected chi connectivity index (χ1v) is 6.47. The third-order valence-electron chi connectivity index (χ3n) is 2.81. The molecule has 0 aliphatic rings. The standard InChI is InChI=1S/C13H18N4O2/c1-3-6-11-14-12(16-15-11)13(18)17(4-2)9-10-7-5-8-19-10/h5,7-8H,3-4,6,9H2,1-2H3,(H,14,15,16). The Balaban J connectivity index is 2.06. The number of nitrogens with zero attached hydrogens (tertiary/aromatic N) is 3. The molecule has 0 saturated heterocycles. The number of hydrogen-bond acceptors (Lipinski definition) is 4. The molecule has 6 nitrogen and oxygen atoms in total. The van der Waals surface area contributed by atoms with E-state index in [2.05, 4.69) is 22.1 Å². The fourth-order valence-electron chi connectivity index (χ4n) is 1.80. The van der Waals surface area contributed by atoms with E-state index in [1.807, 2.05) is 13.0 Å². The van der Waals surface area contributed by atoms with Crippen molar-refractivity contribution < 1.29 is 9.21 Å². The van der Waals surface area contributed by atoms with Crippen LogP contribution in [0.15, 0.2) is 22.8 Å². The van der Waals surface area contributed by atoms with Gasteiger partial charge in [0.2, 0.25) is 5.82 Å². The summed E-state index contributed by atoms with van der Waals surface area (Å²) in [6.07, 6.45) is 3.36. The summed E-state index contributed by atoms with van der Waals surface area (Å²) in [7, 11) is 0. The van der Waals surface area contributed by atoms with Gasteiger partial charge in [0.1, 0.15) is 11.6 Å². The van der Waals surface area contributed by atoms with E-state index in [4.69, 9.17) is 4.42 Å². The van der Waals surface area contributed by atoms with Gasteiger partial charge >= 0.3 is 0 Å². The van der Waals surface area contributed by atoms with Crippen LogP contribution in [0.4, 0.5) is 0 Å². The molecule has 0 aliphatic carbocycles. The van der Waals surface area contributed by atoms with Crippen molar-refractivity contribution in [2.75, 3.05) is 6.54 Å².